The molecule has 2 aromatic carbocycles. The van der Waals surface area contributed by atoms with Gasteiger partial charge in [0.2, 0.25) is 0 Å². The van der Waals surface area contributed by atoms with Crippen molar-refractivity contribution >= 4 is 11.6 Å². The van der Waals surface area contributed by atoms with Gasteiger partial charge in [0.25, 0.3) is 5.92 Å². The lowest BCUT2D eigenvalue weighted by atomic mass is 9.30. The second-order valence-corrected chi connectivity index (χ2v) is 9.98. The van der Waals surface area contributed by atoms with E-state index in [1.165, 1.54) is 18.2 Å². The summed E-state index contributed by atoms with van der Waals surface area (Å²) in [7, 11) is 0. The molecule has 192 valence electrons. The molecule has 0 aliphatic heterocycles. The van der Waals surface area contributed by atoms with Crippen LogP contribution in [0.3, 0.4) is 0 Å². The highest BCUT2D eigenvalue weighted by atomic mass is 35.5. The summed E-state index contributed by atoms with van der Waals surface area (Å²) in [5.74, 6) is -4.89. The van der Waals surface area contributed by atoms with E-state index in [1.807, 2.05) is 0 Å². The first-order valence-electron chi connectivity index (χ1n) is 10.9. The summed E-state index contributed by atoms with van der Waals surface area (Å²) in [4.78, 5) is 0.767. The van der Waals surface area contributed by atoms with Crippen molar-refractivity contribution in [1.29, 1.82) is 0 Å². The molecule has 3 saturated carbocycles. The fourth-order valence-corrected chi connectivity index (χ4v) is 5.74. The summed E-state index contributed by atoms with van der Waals surface area (Å²) < 4.78 is 89.0. The average molecular weight is 533 g/mol. The molecular formula is C23H19ClF6N4O2. The highest BCUT2D eigenvalue weighted by Gasteiger charge is 2.82. The molecule has 6 nitrogen and oxygen atoms in total. The first-order valence-corrected chi connectivity index (χ1v) is 11.2. The molecule has 3 aromatic rings. The van der Waals surface area contributed by atoms with Crippen molar-refractivity contribution in [1.82, 2.24) is 20.2 Å². The highest BCUT2D eigenvalue weighted by Crippen LogP contribution is 2.80. The second kappa shape index (κ2) is 8.07. The van der Waals surface area contributed by atoms with Crippen LogP contribution in [0.1, 0.15) is 30.4 Å². The van der Waals surface area contributed by atoms with Crippen molar-refractivity contribution in [2.45, 2.75) is 48.9 Å². The van der Waals surface area contributed by atoms with Crippen LogP contribution in [0.2, 0.25) is 5.02 Å². The van der Waals surface area contributed by atoms with E-state index < -0.39 is 53.1 Å². The van der Waals surface area contributed by atoms with Crippen molar-refractivity contribution in [3.8, 4) is 5.75 Å². The number of aliphatic hydroxyl groups is 1. The molecule has 0 saturated heterocycles. The lowest BCUT2D eigenvalue weighted by molar-refractivity contribution is -0.348. The Bertz CT molecular complexity index is 1250. The third kappa shape index (κ3) is 3.81. The quantitative estimate of drug-likeness (QED) is 0.411. The second-order valence-electron chi connectivity index (χ2n) is 9.54. The lowest BCUT2D eigenvalue weighted by Crippen LogP contribution is -2.76. The number of hydrogen-bond donors (Lipinski definition) is 1. The van der Waals surface area contributed by atoms with E-state index >= 15 is 8.78 Å². The Labute approximate surface area is 205 Å². The maximum absolute atomic E-state index is 16.2. The van der Waals surface area contributed by atoms with E-state index in [4.69, 9.17) is 16.3 Å². The molecule has 1 unspecified atom stereocenters. The molecule has 1 N–H and O–H groups in total. The molecule has 1 atom stereocenters. The molecule has 3 aliphatic carbocycles. The molecule has 0 spiro atoms. The van der Waals surface area contributed by atoms with Crippen molar-refractivity contribution in [3.63, 3.8) is 0 Å². The summed E-state index contributed by atoms with van der Waals surface area (Å²) in [5.41, 5.74) is -5.21. The Hall–Kier alpha value is -2.86. The molecular weight excluding hydrogens is 514 g/mol. The van der Waals surface area contributed by atoms with Gasteiger partial charge in [0, 0.05) is 16.0 Å². The van der Waals surface area contributed by atoms with Crippen molar-refractivity contribution < 1.29 is 36.2 Å². The van der Waals surface area contributed by atoms with E-state index in [1.54, 1.807) is 12.1 Å². The van der Waals surface area contributed by atoms with Crippen molar-refractivity contribution in [2.24, 2.45) is 5.41 Å². The largest absolute Gasteiger partial charge is 0.484 e. The number of tetrazole rings is 1. The molecule has 1 heterocycles. The lowest BCUT2D eigenvalue weighted by Gasteiger charge is -2.74. The Kier molecular flexibility index (Phi) is 5.56. The summed E-state index contributed by atoms with van der Waals surface area (Å²) in [6.07, 6.45) is -3.48. The number of alkyl halides is 5. The van der Waals surface area contributed by atoms with Crippen LogP contribution in [-0.2, 0) is 17.6 Å². The maximum atomic E-state index is 16.2. The van der Waals surface area contributed by atoms with E-state index in [0.717, 1.165) is 23.3 Å². The summed E-state index contributed by atoms with van der Waals surface area (Å²) >= 11 is 5.79. The molecule has 1 aromatic heterocycles. The minimum atomic E-state index is -4.48. The van der Waals surface area contributed by atoms with Crippen molar-refractivity contribution in [3.05, 3.63) is 70.8 Å². The molecule has 3 aliphatic rings. The molecule has 0 radical (unpaired) electrons. The molecule has 6 rings (SSSR count). The van der Waals surface area contributed by atoms with Gasteiger partial charge < -0.3 is 9.84 Å². The third-order valence-electron chi connectivity index (χ3n) is 7.22. The first-order chi connectivity index (χ1) is 16.8. The van der Waals surface area contributed by atoms with Gasteiger partial charge in [-0.25, -0.2) is 13.2 Å². The Morgan fingerprint density at radius 1 is 1.03 bits per heavy atom. The van der Waals surface area contributed by atoms with Crippen LogP contribution in [0.5, 0.6) is 5.75 Å². The van der Waals surface area contributed by atoms with Gasteiger partial charge in [-0.3, -0.25) is 0 Å². The number of rotatable bonds is 8. The number of aromatic nitrogens is 4. The monoisotopic (exact) mass is 532 g/mol. The van der Waals surface area contributed by atoms with E-state index in [9.17, 15) is 22.7 Å². The van der Waals surface area contributed by atoms with Gasteiger partial charge in [-0.05, 0) is 59.7 Å². The van der Waals surface area contributed by atoms with Gasteiger partial charge in [0.1, 0.15) is 18.1 Å². The molecule has 2 bridgehead atoms. The van der Waals surface area contributed by atoms with Crippen LogP contribution < -0.4 is 4.74 Å². The Balaban J connectivity index is 1.39. The SMILES string of the molecule is OC(Cn1ncnn1)(c1ccc(Cl)cc1F)C(F)(F)C12CC(c3ccc(OCC(F)(F)F)cc3)(C1)C2. The first kappa shape index (κ1) is 24.8. The molecule has 0 amide bonds. The number of halogens is 7. The van der Waals surface area contributed by atoms with Crippen LogP contribution in [-0.4, -0.2) is 44.0 Å². The van der Waals surface area contributed by atoms with Crippen LogP contribution >= 0.6 is 11.6 Å². The van der Waals surface area contributed by atoms with Gasteiger partial charge >= 0.3 is 6.18 Å². The number of hydrogen-bond acceptors (Lipinski definition) is 5. The summed E-state index contributed by atoms with van der Waals surface area (Å²) in [6.45, 7) is -2.29. The summed E-state index contributed by atoms with van der Waals surface area (Å²) in [5, 5.41) is 22.1. The van der Waals surface area contributed by atoms with Crippen LogP contribution in [0.15, 0.2) is 48.8 Å². The van der Waals surface area contributed by atoms with Gasteiger partial charge in [0.15, 0.2) is 18.5 Å². The van der Waals surface area contributed by atoms with Crippen molar-refractivity contribution in [2.75, 3.05) is 6.61 Å². The van der Waals surface area contributed by atoms with Crippen LogP contribution in [0, 0.1) is 11.2 Å². The predicted molar refractivity (Wildman–Crippen MR) is 114 cm³/mol. The van der Waals surface area contributed by atoms with Gasteiger partial charge in [0.05, 0.1) is 0 Å². The topological polar surface area (TPSA) is 73.1 Å². The molecule has 3 fully saturated rings. The van der Waals surface area contributed by atoms with Crippen LogP contribution in [0.25, 0.3) is 0 Å². The summed E-state index contributed by atoms with van der Waals surface area (Å²) in [6, 6.07) is 8.91. The number of ether oxygens (including phenoxy) is 1. The Morgan fingerprint density at radius 2 is 1.69 bits per heavy atom. The Morgan fingerprint density at radius 3 is 2.25 bits per heavy atom. The average Bonchev–Trinajstić information content (AvgIpc) is 3.23. The van der Waals surface area contributed by atoms with E-state index in [-0.39, 0.29) is 30.0 Å². The zero-order chi connectivity index (χ0) is 26.0. The smallest absolute Gasteiger partial charge is 0.422 e. The number of benzene rings is 2. The third-order valence-corrected chi connectivity index (χ3v) is 7.46. The normalized spacial score (nSPS) is 25.0. The standard InChI is InChI=1S/C23H19ClF6N4O2/c24-15-3-6-17(18(25)7-15)21(35,11-34-32-13-31-33-34)23(29,30)20-8-19(9-20,10-20)14-1-4-16(5-2-14)36-12-22(26,27)28/h1-7,13,35H,8-12H2. The zero-order valence-corrected chi connectivity index (χ0v) is 19.2. The minimum absolute atomic E-state index is 0.00193. The number of nitrogens with zero attached hydrogens (tertiary/aromatic N) is 4. The maximum Gasteiger partial charge on any atom is 0.422 e. The zero-order valence-electron chi connectivity index (χ0n) is 18.4. The van der Waals surface area contributed by atoms with Gasteiger partial charge in [-0.1, -0.05) is 29.8 Å². The van der Waals surface area contributed by atoms with Gasteiger partial charge in [-0.15, -0.1) is 10.2 Å². The predicted octanol–water partition coefficient (Wildman–Crippen LogP) is 5.05. The van der Waals surface area contributed by atoms with Gasteiger partial charge in [-0.2, -0.15) is 18.0 Å². The fraction of sp³-hybridized carbons (Fsp3) is 0.435. The molecule has 13 heteroatoms. The van der Waals surface area contributed by atoms with E-state index in [2.05, 4.69) is 15.4 Å². The fourth-order valence-electron chi connectivity index (χ4n) is 5.58. The van der Waals surface area contributed by atoms with Crippen LogP contribution in [0.4, 0.5) is 26.3 Å². The highest BCUT2D eigenvalue weighted by molar-refractivity contribution is 6.30. The van der Waals surface area contributed by atoms with E-state index in [0.29, 0.717) is 5.56 Å². The molecule has 36 heavy (non-hydrogen) atoms. The minimum Gasteiger partial charge on any atom is -0.484 e.